The molecule has 0 aliphatic heterocycles. The van der Waals surface area contributed by atoms with Gasteiger partial charge in [0.05, 0.1) is 11.1 Å². The molecule has 1 saturated carbocycles. The van der Waals surface area contributed by atoms with Gasteiger partial charge in [0.1, 0.15) is 11.3 Å². The van der Waals surface area contributed by atoms with Crippen molar-refractivity contribution in [2.24, 2.45) is 0 Å². The first-order valence-corrected chi connectivity index (χ1v) is 11.3. The number of amides is 1. The van der Waals surface area contributed by atoms with E-state index in [0.717, 1.165) is 36.3 Å². The first-order valence-electron chi connectivity index (χ1n) is 11.3. The van der Waals surface area contributed by atoms with Crippen LogP contribution < -0.4 is 10.6 Å². The molecule has 1 fully saturated rings. The number of hydrogen-bond acceptors (Lipinski definition) is 4. The SMILES string of the molecule is Cc1ccc2nc(C(F)(F)F)cc(N[C@H]3CCC[C@@H](NC(=O)c4c[nH]c5ncccc45)C3)c2c1. The number of rotatable bonds is 4. The number of pyridine rings is 2. The summed E-state index contributed by atoms with van der Waals surface area (Å²) in [6.07, 6.45) is 1.86. The highest BCUT2D eigenvalue weighted by Crippen LogP contribution is 2.35. The third-order valence-electron chi connectivity index (χ3n) is 6.32. The fourth-order valence-electron chi connectivity index (χ4n) is 4.68. The molecule has 0 saturated heterocycles. The van der Waals surface area contributed by atoms with Crippen molar-refractivity contribution in [3.05, 3.63) is 65.6 Å². The maximum absolute atomic E-state index is 13.5. The zero-order valence-corrected chi connectivity index (χ0v) is 18.5. The molecule has 0 bridgehead atoms. The summed E-state index contributed by atoms with van der Waals surface area (Å²) in [5, 5.41) is 7.83. The van der Waals surface area contributed by atoms with Crippen molar-refractivity contribution in [3.63, 3.8) is 0 Å². The average Bonchev–Trinajstić information content (AvgIpc) is 3.23. The van der Waals surface area contributed by atoms with Crippen molar-refractivity contribution in [3.8, 4) is 0 Å². The van der Waals surface area contributed by atoms with Crippen LogP contribution in [-0.2, 0) is 6.18 Å². The zero-order chi connectivity index (χ0) is 23.9. The Labute approximate surface area is 194 Å². The molecule has 1 aromatic carbocycles. The molecule has 3 N–H and O–H groups in total. The van der Waals surface area contributed by atoms with E-state index in [2.05, 4.69) is 25.6 Å². The predicted molar refractivity (Wildman–Crippen MR) is 125 cm³/mol. The largest absolute Gasteiger partial charge is 0.433 e. The third kappa shape index (κ3) is 4.42. The average molecular weight is 467 g/mol. The number of benzene rings is 1. The van der Waals surface area contributed by atoms with Gasteiger partial charge >= 0.3 is 6.18 Å². The highest BCUT2D eigenvalue weighted by atomic mass is 19.4. The van der Waals surface area contributed by atoms with Crippen LogP contribution in [0.3, 0.4) is 0 Å². The van der Waals surface area contributed by atoms with E-state index in [1.54, 1.807) is 30.6 Å². The molecular formula is C25H24F3N5O. The molecule has 4 aromatic rings. The quantitative estimate of drug-likeness (QED) is 0.365. The minimum Gasteiger partial charge on any atom is -0.382 e. The fraction of sp³-hybridized carbons (Fsp3) is 0.320. The molecule has 3 heterocycles. The van der Waals surface area contributed by atoms with Crippen LogP contribution in [-0.4, -0.2) is 32.9 Å². The summed E-state index contributed by atoms with van der Waals surface area (Å²) in [5.74, 6) is -0.186. The maximum atomic E-state index is 13.5. The second-order valence-corrected chi connectivity index (χ2v) is 8.85. The number of aromatic amines is 1. The van der Waals surface area contributed by atoms with Crippen molar-refractivity contribution in [1.29, 1.82) is 0 Å². The van der Waals surface area contributed by atoms with Gasteiger partial charge in [-0.3, -0.25) is 4.79 Å². The smallest absolute Gasteiger partial charge is 0.382 e. The Hall–Kier alpha value is -3.62. The second-order valence-electron chi connectivity index (χ2n) is 8.85. The van der Waals surface area contributed by atoms with Crippen molar-refractivity contribution in [2.75, 3.05) is 5.32 Å². The van der Waals surface area contributed by atoms with Gasteiger partial charge in [0.25, 0.3) is 5.91 Å². The van der Waals surface area contributed by atoms with Crippen LogP contribution in [0.1, 0.15) is 47.3 Å². The number of carbonyl (C=O) groups excluding carboxylic acids is 1. The van der Waals surface area contributed by atoms with Crippen LogP contribution in [0.15, 0.2) is 48.8 Å². The van der Waals surface area contributed by atoms with Gasteiger partial charge in [-0.25, -0.2) is 9.97 Å². The Morgan fingerprint density at radius 3 is 2.76 bits per heavy atom. The molecule has 0 unspecified atom stereocenters. The van der Waals surface area contributed by atoms with Gasteiger partial charge in [-0.2, -0.15) is 13.2 Å². The summed E-state index contributed by atoms with van der Waals surface area (Å²) < 4.78 is 40.4. The van der Waals surface area contributed by atoms with E-state index in [0.29, 0.717) is 34.2 Å². The van der Waals surface area contributed by atoms with Crippen LogP contribution in [0.25, 0.3) is 21.9 Å². The summed E-state index contributed by atoms with van der Waals surface area (Å²) in [7, 11) is 0. The summed E-state index contributed by atoms with van der Waals surface area (Å²) in [4.78, 5) is 23.9. The molecule has 5 rings (SSSR count). The summed E-state index contributed by atoms with van der Waals surface area (Å²) in [6, 6.07) is 9.77. The molecule has 0 spiro atoms. The van der Waals surface area contributed by atoms with Crippen molar-refractivity contribution in [2.45, 2.75) is 50.9 Å². The van der Waals surface area contributed by atoms with Crippen molar-refractivity contribution < 1.29 is 18.0 Å². The lowest BCUT2D eigenvalue weighted by atomic mass is 9.90. The van der Waals surface area contributed by atoms with Gasteiger partial charge in [0, 0.05) is 40.9 Å². The van der Waals surface area contributed by atoms with Crippen LogP contribution >= 0.6 is 0 Å². The molecule has 9 heteroatoms. The minimum atomic E-state index is -4.53. The Balaban J connectivity index is 1.35. The number of aromatic nitrogens is 3. The lowest BCUT2D eigenvalue weighted by molar-refractivity contribution is -0.140. The van der Waals surface area contributed by atoms with Gasteiger partial charge < -0.3 is 15.6 Å². The highest BCUT2D eigenvalue weighted by Gasteiger charge is 2.34. The first-order chi connectivity index (χ1) is 16.3. The number of carbonyl (C=O) groups is 1. The number of hydrogen-bond donors (Lipinski definition) is 3. The van der Waals surface area contributed by atoms with E-state index < -0.39 is 11.9 Å². The monoisotopic (exact) mass is 467 g/mol. The third-order valence-corrected chi connectivity index (χ3v) is 6.32. The molecule has 34 heavy (non-hydrogen) atoms. The van der Waals surface area contributed by atoms with E-state index in [9.17, 15) is 18.0 Å². The molecule has 176 valence electrons. The zero-order valence-electron chi connectivity index (χ0n) is 18.5. The van der Waals surface area contributed by atoms with Gasteiger partial charge in [-0.15, -0.1) is 0 Å². The molecule has 3 aromatic heterocycles. The topological polar surface area (TPSA) is 82.7 Å². The molecule has 6 nitrogen and oxygen atoms in total. The standard InChI is InChI=1S/C25H24F3N5O/c1-14-7-8-20-18(10-14)21(12-22(33-20)25(26,27)28)31-15-4-2-5-16(11-15)32-24(34)19-13-30-23-17(19)6-3-9-29-23/h3,6-10,12-13,15-16H,2,4-5,11H2,1H3,(H,29,30)(H,31,33)(H,32,34)/t15-,16+/m0/s1. The normalized spacial score (nSPS) is 18.8. The van der Waals surface area contributed by atoms with E-state index in [1.807, 2.05) is 19.1 Å². The fourth-order valence-corrected chi connectivity index (χ4v) is 4.68. The molecule has 0 radical (unpaired) electrons. The van der Waals surface area contributed by atoms with Gasteiger partial charge in [0.15, 0.2) is 0 Å². The van der Waals surface area contributed by atoms with Crippen molar-refractivity contribution >= 4 is 33.5 Å². The number of anilines is 1. The number of H-pyrrole nitrogens is 1. The second kappa shape index (κ2) is 8.62. The maximum Gasteiger partial charge on any atom is 0.433 e. The van der Waals surface area contributed by atoms with E-state index in [4.69, 9.17) is 0 Å². The number of nitrogens with zero attached hydrogens (tertiary/aromatic N) is 2. The number of alkyl halides is 3. The lowest BCUT2D eigenvalue weighted by Crippen LogP contribution is -2.41. The lowest BCUT2D eigenvalue weighted by Gasteiger charge is -2.31. The Morgan fingerprint density at radius 1 is 1.12 bits per heavy atom. The van der Waals surface area contributed by atoms with Crippen LogP contribution in [0.5, 0.6) is 0 Å². The molecule has 1 aliphatic carbocycles. The van der Waals surface area contributed by atoms with Crippen LogP contribution in [0, 0.1) is 6.92 Å². The predicted octanol–water partition coefficient (Wildman–Crippen LogP) is 5.59. The number of nitrogens with one attached hydrogen (secondary N) is 3. The number of fused-ring (bicyclic) bond motifs is 2. The van der Waals surface area contributed by atoms with Crippen LogP contribution in [0.4, 0.5) is 18.9 Å². The first kappa shape index (κ1) is 22.2. The molecule has 1 amide bonds. The molecular weight excluding hydrogens is 443 g/mol. The van der Waals surface area contributed by atoms with Gasteiger partial charge in [-0.1, -0.05) is 11.6 Å². The molecule has 1 aliphatic rings. The molecule has 2 atom stereocenters. The van der Waals surface area contributed by atoms with E-state index >= 15 is 0 Å². The van der Waals surface area contributed by atoms with Gasteiger partial charge in [0.2, 0.25) is 0 Å². The minimum absolute atomic E-state index is 0.0733. The van der Waals surface area contributed by atoms with E-state index in [-0.39, 0.29) is 18.0 Å². The Morgan fingerprint density at radius 2 is 1.94 bits per heavy atom. The summed E-state index contributed by atoms with van der Waals surface area (Å²) >= 11 is 0. The highest BCUT2D eigenvalue weighted by molar-refractivity contribution is 6.06. The van der Waals surface area contributed by atoms with Gasteiger partial charge in [-0.05, 0) is 62.9 Å². The Kier molecular flexibility index (Phi) is 5.63. The Bertz CT molecular complexity index is 1360. The van der Waals surface area contributed by atoms with E-state index in [1.165, 1.54) is 0 Å². The summed E-state index contributed by atoms with van der Waals surface area (Å²) in [5.41, 5.74) is 1.93. The summed E-state index contributed by atoms with van der Waals surface area (Å²) in [6.45, 7) is 1.90. The number of aryl methyl sites for hydroxylation is 1. The van der Waals surface area contributed by atoms with Crippen LogP contribution in [0.2, 0.25) is 0 Å². The number of halogens is 3. The van der Waals surface area contributed by atoms with Crippen molar-refractivity contribution in [1.82, 2.24) is 20.3 Å².